The van der Waals surface area contributed by atoms with Gasteiger partial charge in [0.05, 0.1) is 0 Å². The van der Waals surface area contributed by atoms with Crippen LogP contribution in [-0.2, 0) is 37.4 Å². The van der Waals surface area contributed by atoms with Crippen LogP contribution in [0.2, 0.25) is 0 Å². The predicted molar refractivity (Wildman–Crippen MR) is 95.8 cm³/mol. The van der Waals surface area contributed by atoms with Gasteiger partial charge in [-0.15, -0.1) is 0 Å². The molecule has 3 heteroatoms. The molecule has 0 heterocycles. The molecule has 0 spiro atoms. The minimum Gasteiger partial charge on any atom is -0.385 e. The second-order valence-electron chi connectivity index (χ2n) is 4.72. The Morgan fingerprint density at radius 2 is 1.48 bits per heavy atom. The summed E-state index contributed by atoms with van der Waals surface area (Å²) in [5.41, 5.74) is 1.41. The molecule has 1 radical (unpaired) electrons. The van der Waals surface area contributed by atoms with Gasteiger partial charge >= 0.3 is 0 Å². The Kier molecular flexibility index (Phi) is 35.4. The second-order valence-corrected chi connectivity index (χ2v) is 4.72. The molecule has 0 bridgehead atoms. The zero-order valence-electron chi connectivity index (χ0n) is 12.5. The first-order valence-corrected chi connectivity index (χ1v) is 6.26. The standard InChI is InChI=1S/C9H12.C6H15NO.3CH4.Y/c1-8(2)9-6-4-3-5-7-9;1-7(2)5-4-6-8-3;;;;/h3-8H,1-2H3;4-6H2,1-3H3;3*1H4;. The van der Waals surface area contributed by atoms with Crippen molar-refractivity contribution in [1.29, 1.82) is 0 Å². The fourth-order valence-corrected chi connectivity index (χ4v) is 1.36. The maximum Gasteiger partial charge on any atom is 0.0474 e. The summed E-state index contributed by atoms with van der Waals surface area (Å²) >= 11 is 0. The zero-order chi connectivity index (χ0) is 13.1. The molecule has 0 aromatic heterocycles. The first-order chi connectivity index (χ1) is 8.07. The van der Waals surface area contributed by atoms with Crippen molar-refractivity contribution in [1.82, 2.24) is 4.90 Å². The number of ether oxygens (including phenoxy) is 1. The minimum atomic E-state index is 0. The van der Waals surface area contributed by atoms with Crippen LogP contribution in [0.5, 0.6) is 0 Å². The first-order valence-electron chi connectivity index (χ1n) is 6.26. The van der Waals surface area contributed by atoms with E-state index in [1.165, 1.54) is 5.56 Å². The molecule has 0 unspecified atom stereocenters. The Morgan fingerprint density at radius 3 is 1.76 bits per heavy atom. The molecule has 0 aliphatic rings. The van der Waals surface area contributed by atoms with Crippen molar-refractivity contribution in [3.05, 3.63) is 35.9 Å². The van der Waals surface area contributed by atoms with Crippen molar-refractivity contribution in [2.45, 2.75) is 48.5 Å². The minimum absolute atomic E-state index is 0. The molecular weight excluding hydrogens is 335 g/mol. The van der Waals surface area contributed by atoms with Gasteiger partial charge in [0.15, 0.2) is 0 Å². The van der Waals surface area contributed by atoms with E-state index >= 15 is 0 Å². The average Bonchev–Trinajstić information content (AvgIpc) is 2.31. The van der Waals surface area contributed by atoms with Crippen LogP contribution < -0.4 is 0 Å². The van der Waals surface area contributed by atoms with Gasteiger partial charge in [-0.2, -0.15) is 0 Å². The summed E-state index contributed by atoms with van der Waals surface area (Å²) in [4.78, 5) is 2.15. The van der Waals surface area contributed by atoms with Gasteiger partial charge in [-0.05, 0) is 38.5 Å². The van der Waals surface area contributed by atoms with Gasteiger partial charge in [0.1, 0.15) is 0 Å². The molecule has 0 fully saturated rings. The van der Waals surface area contributed by atoms with Crippen LogP contribution in [0.1, 0.15) is 54.0 Å². The third-order valence-corrected chi connectivity index (χ3v) is 2.42. The largest absolute Gasteiger partial charge is 0.385 e. The third-order valence-electron chi connectivity index (χ3n) is 2.42. The molecule has 2 nitrogen and oxygen atoms in total. The van der Waals surface area contributed by atoms with E-state index < -0.39 is 0 Å². The number of methoxy groups -OCH3 is 1. The van der Waals surface area contributed by atoms with Crippen LogP contribution in [-0.4, -0.2) is 39.3 Å². The second kappa shape index (κ2) is 22.5. The number of nitrogens with zero attached hydrogens (tertiary/aromatic N) is 1. The summed E-state index contributed by atoms with van der Waals surface area (Å²) < 4.78 is 4.87. The van der Waals surface area contributed by atoms with E-state index in [0.29, 0.717) is 5.92 Å². The Morgan fingerprint density at radius 1 is 1.00 bits per heavy atom. The molecule has 0 N–H and O–H groups in total. The van der Waals surface area contributed by atoms with Crippen molar-refractivity contribution >= 4 is 0 Å². The van der Waals surface area contributed by atoms with E-state index in [1.807, 2.05) is 6.07 Å². The van der Waals surface area contributed by atoms with Crippen LogP contribution in [0, 0.1) is 0 Å². The average molecular weight is 374 g/mol. The number of rotatable bonds is 5. The zero-order valence-corrected chi connectivity index (χ0v) is 15.4. The predicted octanol–water partition coefficient (Wildman–Crippen LogP) is 5.30. The van der Waals surface area contributed by atoms with Crippen molar-refractivity contribution in [2.24, 2.45) is 0 Å². The molecule has 0 amide bonds. The quantitative estimate of drug-likeness (QED) is 0.649. The third kappa shape index (κ3) is 22.7. The molecule has 21 heavy (non-hydrogen) atoms. The van der Waals surface area contributed by atoms with E-state index in [4.69, 9.17) is 4.74 Å². The summed E-state index contributed by atoms with van der Waals surface area (Å²) in [6, 6.07) is 10.5. The van der Waals surface area contributed by atoms with Gasteiger partial charge in [-0.1, -0.05) is 66.5 Å². The van der Waals surface area contributed by atoms with Gasteiger partial charge in [-0.25, -0.2) is 0 Å². The van der Waals surface area contributed by atoms with Crippen LogP contribution >= 0.6 is 0 Å². The molecule has 125 valence electrons. The number of hydrogen-bond donors (Lipinski definition) is 0. The van der Waals surface area contributed by atoms with Crippen LogP contribution in [0.3, 0.4) is 0 Å². The Labute approximate surface area is 160 Å². The number of benzene rings is 1. The summed E-state index contributed by atoms with van der Waals surface area (Å²) in [6.07, 6.45) is 1.13. The van der Waals surface area contributed by atoms with Crippen molar-refractivity contribution in [3.63, 3.8) is 0 Å². The smallest absolute Gasteiger partial charge is 0.0474 e. The van der Waals surface area contributed by atoms with Crippen molar-refractivity contribution in [3.8, 4) is 0 Å². The molecule has 1 aromatic carbocycles. The van der Waals surface area contributed by atoms with E-state index in [0.717, 1.165) is 19.6 Å². The Balaban J connectivity index is -0.0000000687. The van der Waals surface area contributed by atoms with E-state index in [2.05, 4.69) is 57.1 Å². The monoisotopic (exact) mass is 374 g/mol. The van der Waals surface area contributed by atoms with E-state index in [1.54, 1.807) is 7.11 Å². The molecule has 1 rings (SSSR count). The first kappa shape index (κ1) is 33.0. The topological polar surface area (TPSA) is 12.5 Å². The van der Waals surface area contributed by atoms with Gasteiger partial charge in [0.2, 0.25) is 0 Å². The van der Waals surface area contributed by atoms with Gasteiger partial charge in [0, 0.05) is 46.4 Å². The molecule has 0 aliphatic heterocycles. The summed E-state index contributed by atoms with van der Waals surface area (Å²) in [5, 5.41) is 0. The van der Waals surface area contributed by atoms with Gasteiger partial charge < -0.3 is 9.64 Å². The molecule has 0 saturated carbocycles. The fraction of sp³-hybridized carbons (Fsp3) is 0.667. The molecular formula is C18H39NOY. The molecule has 0 atom stereocenters. The summed E-state index contributed by atoms with van der Waals surface area (Å²) in [7, 11) is 5.86. The van der Waals surface area contributed by atoms with E-state index in [9.17, 15) is 0 Å². The summed E-state index contributed by atoms with van der Waals surface area (Å²) in [6.45, 7) is 6.40. The SMILES string of the molecule is C.C.C.CC(C)c1ccccc1.COCCCN(C)C.[Y]. The van der Waals surface area contributed by atoms with Crippen LogP contribution in [0.4, 0.5) is 0 Å². The van der Waals surface area contributed by atoms with Crippen LogP contribution in [0.15, 0.2) is 30.3 Å². The Hall–Kier alpha value is 0.244. The fourth-order valence-electron chi connectivity index (χ4n) is 1.36. The molecule has 0 saturated heterocycles. The maximum absolute atomic E-state index is 4.87. The van der Waals surface area contributed by atoms with Gasteiger partial charge in [-0.3, -0.25) is 0 Å². The molecule has 1 aromatic rings. The Bertz CT molecular complexity index is 263. The normalized spacial score (nSPS) is 8.33. The van der Waals surface area contributed by atoms with Crippen molar-refractivity contribution in [2.75, 3.05) is 34.4 Å². The van der Waals surface area contributed by atoms with Crippen molar-refractivity contribution < 1.29 is 37.4 Å². The van der Waals surface area contributed by atoms with E-state index in [-0.39, 0.29) is 55.0 Å². The number of hydrogen-bond acceptors (Lipinski definition) is 2. The molecule has 0 aliphatic carbocycles. The van der Waals surface area contributed by atoms with Crippen LogP contribution in [0.25, 0.3) is 0 Å². The maximum atomic E-state index is 4.87. The summed E-state index contributed by atoms with van der Waals surface area (Å²) in [5.74, 6) is 0.659. The van der Waals surface area contributed by atoms with Gasteiger partial charge in [0.25, 0.3) is 0 Å².